The Morgan fingerprint density at radius 1 is 0.381 bits per heavy atom. The zero-order valence-electron chi connectivity index (χ0n) is 23.0. The Morgan fingerprint density at radius 2 is 0.905 bits per heavy atom. The third-order valence-electron chi connectivity index (χ3n) is 8.21. The van der Waals surface area contributed by atoms with E-state index in [0.717, 1.165) is 17.1 Å². The first-order valence-electron chi connectivity index (χ1n) is 14.4. The molecule has 198 valence electrons. The first-order valence-corrected chi connectivity index (χ1v) is 14.4. The van der Waals surface area contributed by atoms with Gasteiger partial charge in [0.15, 0.2) is 0 Å². The van der Waals surface area contributed by atoms with Gasteiger partial charge in [-0.2, -0.15) is 0 Å². The first-order chi connectivity index (χ1) is 20.8. The second kappa shape index (κ2) is 10.1. The number of benzene rings is 7. The fourth-order valence-corrected chi connectivity index (χ4v) is 6.20. The Hall–Kier alpha value is -5.60. The van der Waals surface area contributed by atoms with Crippen molar-refractivity contribution in [2.75, 3.05) is 5.32 Å². The predicted molar refractivity (Wildman–Crippen MR) is 179 cm³/mol. The number of nitrogens with one attached hydrogen (secondary N) is 1. The number of rotatable bonds is 5. The monoisotopic (exact) mass is 536 g/mol. The minimum Gasteiger partial charge on any atom is -0.355 e. The van der Waals surface area contributed by atoms with Gasteiger partial charge in [0.25, 0.3) is 0 Å². The van der Waals surface area contributed by atoms with Gasteiger partial charge >= 0.3 is 0 Å². The maximum absolute atomic E-state index is 3.67. The third kappa shape index (κ3) is 4.13. The second-order valence-electron chi connectivity index (χ2n) is 10.7. The molecule has 8 aromatic rings. The number of nitrogens with zero attached hydrogens (tertiary/aromatic N) is 1. The molecule has 0 aliphatic rings. The number of para-hydroxylation sites is 3. The summed E-state index contributed by atoms with van der Waals surface area (Å²) in [6, 6.07) is 58.5. The van der Waals surface area contributed by atoms with Crippen molar-refractivity contribution < 1.29 is 0 Å². The molecule has 0 amide bonds. The van der Waals surface area contributed by atoms with Crippen molar-refractivity contribution in [3.8, 4) is 27.9 Å². The molecule has 0 aliphatic heterocycles. The topological polar surface area (TPSA) is 17.0 Å². The molecule has 0 spiro atoms. The van der Waals surface area contributed by atoms with Crippen molar-refractivity contribution >= 4 is 44.0 Å². The fourth-order valence-electron chi connectivity index (χ4n) is 6.20. The van der Waals surface area contributed by atoms with Crippen molar-refractivity contribution in [1.29, 1.82) is 0 Å². The van der Waals surface area contributed by atoms with Crippen LogP contribution in [0.25, 0.3) is 60.5 Å². The summed E-state index contributed by atoms with van der Waals surface area (Å²) in [6.07, 6.45) is 0. The van der Waals surface area contributed by atoms with E-state index >= 15 is 0 Å². The van der Waals surface area contributed by atoms with Crippen LogP contribution in [0.2, 0.25) is 0 Å². The summed E-state index contributed by atoms with van der Waals surface area (Å²) < 4.78 is 2.36. The third-order valence-corrected chi connectivity index (χ3v) is 8.21. The summed E-state index contributed by atoms with van der Waals surface area (Å²) in [7, 11) is 0. The predicted octanol–water partition coefficient (Wildman–Crippen LogP) is 11.0. The highest BCUT2D eigenvalue weighted by atomic mass is 15.0. The molecule has 7 aromatic carbocycles. The lowest BCUT2D eigenvalue weighted by molar-refractivity contribution is 1.18. The summed E-state index contributed by atoms with van der Waals surface area (Å²) in [5, 5.41) is 8.76. The lowest BCUT2D eigenvalue weighted by Gasteiger charge is -2.14. The first kappa shape index (κ1) is 24.2. The largest absolute Gasteiger partial charge is 0.355 e. The van der Waals surface area contributed by atoms with Gasteiger partial charge < -0.3 is 9.88 Å². The summed E-state index contributed by atoms with van der Waals surface area (Å²) in [5.41, 5.74) is 10.6. The molecule has 0 unspecified atom stereocenters. The van der Waals surface area contributed by atoms with Gasteiger partial charge in [0.1, 0.15) is 0 Å². The summed E-state index contributed by atoms with van der Waals surface area (Å²) in [5.74, 6) is 0. The Kier molecular flexibility index (Phi) is 5.82. The van der Waals surface area contributed by atoms with Crippen LogP contribution >= 0.6 is 0 Å². The van der Waals surface area contributed by atoms with Crippen molar-refractivity contribution in [1.82, 2.24) is 4.57 Å². The molecule has 0 atom stereocenters. The summed E-state index contributed by atoms with van der Waals surface area (Å²) in [4.78, 5) is 0. The van der Waals surface area contributed by atoms with E-state index in [1.807, 2.05) is 0 Å². The van der Waals surface area contributed by atoms with E-state index in [1.54, 1.807) is 0 Å². The van der Waals surface area contributed by atoms with Crippen LogP contribution in [0.3, 0.4) is 0 Å². The van der Waals surface area contributed by atoms with Crippen LogP contribution < -0.4 is 5.32 Å². The Morgan fingerprint density at radius 3 is 1.64 bits per heavy atom. The van der Waals surface area contributed by atoms with Crippen molar-refractivity contribution in [2.24, 2.45) is 0 Å². The van der Waals surface area contributed by atoms with E-state index in [0.29, 0.717) is 0 Å². The smallest absolute Gasteiger partial charge is 0.0541 e. The minimum absolute atomic E-state index is 1.06. The summed E-state index contributed by atoms with van der Waals surface area (Å²) in [6.45, 7) is 0. The zero-order chi connectivity index (χ0) is 27.9. The fraction of sp³-hybridized carbons (Fsp3) is 0. The number of hydrogen-bond donors (Lipinski definition) is 1. The van der Waals surface area contributed by atoms with Crippen molar-refractivity contribution in [2.45, 2.75) is 0 Å². The molecule has 2 heteroatoms. The van der Waals surface area contributed by atoms with Crippen LogP contribution in [0.1, 0.15) is 0 Å². The number of fused-ring (bicyclic) bond motifs is 4. The molecule has 1 aromatic heterocycles. The summed E-state index contributed by atoms with van der Waals surface area (Å²) >= 11 is 0. The highest BCUT2D eigenvalue weighted by molar-refractivity contribution is 6.09. The van der Waals surface area contributed by atoms with Crippen LogP contribution in [-0.4, -0.2) is 4.57 Å². The molecule has 1 heterocycles. The van der Waals surface area contributed by atoms with Crippen LogP contribution in [0, 0.1) is 0 Å². The van der Waals surface area contributed by atoms with E-state index in [-0.39, 0.29) is 0 Å². The number of aromatic nitrogens is 1. The van der Waals surface area contributed by atoms with Gasteiger partial charge in [-0.25, -0.2) is 0 Å². The SMILES string of the molecule is c1ccc(-c2ccc(-n3c4ccccc4c4ccccc43)cc2)c(Nc2ccc(-c3cccc4ccccc34)cc2)c1. The van der Waals surface area contributed by atoms with E-state index < -0.39 is 0 Å². The molecule has 42 heavy (non-hydrogen) atoms. The van der Waals surface area contributed by atoms with Crippen molar-refractivity contribution in [3.05, 3.63) is 164 Å². The molecule has 1 N–H and O–H groups in total. The molecule has 0 radical (unpaired) electrons. The van der Waals surface area contributed by atoms with Crippen molar-refractivity contribution in [3.63, 3.8) is 0 Å². The van der Waals surface area contributed by atoms with Gasteiger partial charge in [0, 0.05) is 33.4 Å². The Labute approximate surface area is 245 Å². The number of hydrogen-bond acceptors (Lipinski definition) is 1. The Bertz CT molecular complexity index is 2140. The highest BCUT2D eigenvalue weighted by Crippen LogP contribution is 2.35. The average molecular weight is 537 g/mol. The molecule has 8 rings (SSSR count). The lowest BCUT2D eigenvalue weighted by atomic mass is 9.98. The van der Waals surface area contributed by atoms with Gasteiger partial charge in [0.05, 0.1) is 11.0 Å². The molecule has 0 fully saturated rings. The maximum Gasteiger partial charge on any atom is 0.0541 e. The van der Waals surface area contributed by atoms with E-state index in [9.17, 15) is 0 Å². The van der Waals surface area contributed by atoms with Gasteiger partial charge in [-0.05, 0) is 69.9 Å². The molecular weight excluding hydrogens is 508 g/mol. The normalized spacial score (nSPS) is 11.3. The molecule has 2 nitrogen and oxygen atoms in total. The van der Waals surface area contributed by atoms with Crippen LogP contribution in [0.15, 0.2) is 164 Å². The maximum atomic E-state index is 3.67. The minimum atomic E-state index is 1.06. The van der Waals surface area contributed by atoms with E-state index in [4.69, 9.17) is 0 Å². The van der Waals surface area contributed by atoms with Crippen LogP contribution in [0.4, 0.5) is 11.4 Å². The average Bonchev–Trinajstić information content (AvgIpc) is 3.40. The van der Waals surface area contributed by atoms with Crippen LogP contribution in [0.5, 0.6) is 0 Å². The quantitative estimate of drug-likeness (QED) is 0.231. The van der Waals surface area contributed by atoms with Crippen LogP contribution in [-0.2, 0) is 0 Å². The van der Waals surface area contributed by atoms with E-state index in [1.165, 1.54) is 54.8 Å². The highest BCUT2D eigenvalue weighted by Gasteiger charge is 2.12. The van der Waals surface area contributed by atoms with Gasteiger partial charge in [-0.15, -0.1) is 0 Å². The zero-order valence-corrected chi connectivity index (χ0v) is 23.0. The molecular formula is C40H28N2. The number of anilines is 2. The van der Waals surface area contributed by atoms with Gasteiger partial charge in [0.2, 0.25) is 0 Å². The molecule has 0 aliphatic carbocycles. The molecule has 0 saturated heterocycles. The lowest BCUT2D eigenvalue weighted by Crippen LogP contribution is -1.95. The molecule has 0 saturated carbocycles. The van der Waals surface area contributed by atoms with E-state index in [2.05, 4.69) is 174 Å². The van der Waals surface area contributed by atoms with Gasteiger partial charge in [-0.3, -0.25) is 0 Å². The second-order valence-corrected chi connectivity index (χ2v) is 10.7. The standard InChI is InChI=1S/C40H28N2/c1-2-12-33-28(10-1)11-9-16-34(33)29-20-24-31(25-21-29)41-38-17-6-3-13-35(38)30-22-26-32(27-23-30)42-39-18-7-4-14-36(39)37-15-5-8-19-40(37)42/h1-27,41H. The van der Waals surface area contributed by atoms with Gasteiger partial charge in [-0.1, -0.05) is 121 Å². The molecule has 0 bridgehead atoms. The Balaban J connectivity index is 1.11.